The summed E-state index contributed by atoms with van der Waals surface area (Å²) in [5.74, 6) is 0.425. The lowest BCUT2D eigenvalue weighted by Gasteiger charge is -2.16. The molecule has 2 nitrogen and oxygen atoms in total. The number of anilines is 1. The number of aromatic hydroxyl groups is 1. The van der Waals surface area contributed by atoms with Crippen LogP contribution in [0.25, 0.3) is 0 Å². The second-order valence-corrected chi connectivity index (χ2v) is 7.72. The van der Waals surface area contributed by atoms with E-state index in [4.69, 9.17) is 0 Å². The minimum atomic E-state index is 0.425. The van der Waals surface area contributed by atoms with Gasteiger partial charge in [0.2, 0.25) is 0 Å². The first kappa shape index (κ1) is 17.5. The van der Waals surface area contributed by atoms with Crippen molar-refractivity contribution in [3.05, 3.63) is 82.9 Å². The maximum atomic E-state index is 10.5. The fraction of sp³-hybridized carbons (Fsp3) is 0.182. The molecular formula is C22H24NOP. The Morgan fingerprint density at radius 1 is 0.880 bits per heavy atom. The van der Waals surface area contributed by atoms with Crippen molar-refractivity contribution in [1.29, 1.82) is 0 Å². The topological polar surface area (TPSA) is 32.3 Å². The Balaban J connectivity index is 1.89. The molecule has 0 bridgehead atoms. The van der Waals surface area contributed by atoms with Gasteiger partial charge in [-0.25, -0.2) is 0 Å². The largest absolute Gasteiger partial charge is 0.507 e. The standard InChI is InChI=1S/C22H24NOP/c1-15-12-17(3)21(24)20(13-15)25-22-16(2)8-7-9-18(22)14-23-19-10-5-4-6-11-19/h4-13,23-25H,14H2,1-3H3. The molecule has 3 rings (SSSR count). The average Bonchev–Trinajstić information content (AvgIpc) is 2.60. The van der Waals surface area contributed by atoms with Gasteiger partial charge in [0.15, 0.2) is 0 Å². The van der Waals surface area contributed by atoms with E-state index in [9.17, 15) is 5.11 Å². The lowest BCUT2D eigenvalue weighted by Crippen LogP contribution is -2.16. The molecule has 3 heteroatoms. The molecule has 0 spiro atoms. The third-order valence-corrected chi connectivity index (χ3v) is 5.94. The number of hydrogen-bond acceptors (Lipinski definition) is 2. The van der Waals surface area contributed by atoms with E-state index in [2.05, 4.69) is 55.6 Å². The molecule has 0 aliphatic heterocycles. The van der Waals surface area contributed by atoms with Gasteiger partial charge in [-0.05, 0) is 66.5 Å². The summed E-state index contributed by atoms with van der Waals surface area (Å²) in [6, 6.07) is 20.8. The first-order chi connectivity index (χ1) is 12.0. The van der Waals surface area contributed by atoms with Crippen molar-refractivity contribution in [2.24, 2.45) is 0 Å². The highest BCUT2D eigenvalue weighted by atomic mass is 31.1. The SMILES string of the molecule is Cc1cc(C)c(O)c(Pc2c(C)cccc2CNc2ccccc2)c1. The summed E-state index contributed by atoms with van der Waals surface area (Å²) in [6.07, 6.45) is 0. The molecule has 0 heterocycles. The van der Waals surface area contributed by atoms with Crippen LogP contribution < -0.4 is 15.9 Å². The Hall–Kier alpha value is -2.31. The van der Waals surface area contributed by atoms with Crippen molar-refractivity contribution in [2.75, 3.05) is 5.32 Å². The number of benzene rings is 3. The molecule has 0 aliphatic rings. The molecule has 0 amide bonds. The van der Waals surface area contributed by atoms with Gasteiger partial charge in [0.05, 0.1) is 0 Å². The molecule has 0 radical (unpaired) electrons. The van der Waals surface area contributed by atoms with E-state index in [-0.39, 0.29) is 0 Å². The van der Waals surface area contributed by atoms with E-state index < -0.39 is 0 Å². The van der Waals surface area contributed by atoms with E-state index in [1.807, 2.05) is 31.2 Å². The summed E-state index contributed by atoms with van der Waals surface area (Å²) < 4.78 is 0. The molecule has 2 N–H and O–H groups in total. The van der Waals surface area contributed by atoms with Gasteiger partial charge in [0.1, 0.15) is 5.75 Å². The molecule has 0 aromatic heterocycles. The lowest BCUT2D eigenvalue weighted by atomic mass is 10.1. The van der Waals surface area contributed by atoms with Crippen LogP contribution in [0.3, 0.4) is 0 Å². The molecule has 0 saturated carbocycles. The number of phenols is 1. The maximum Gasteiger partial charge on any atom is 0.126 e. The van der Waals surface area contributed by atoms with Gasteiger partial charge in [0.25, 0.3) is 0 Å². The minimum absolute atomic E-state index is 0.425. The summed E-state index contributed by atoms with van der Waals surface area (Å²) >= 11 is 0. The molecule has 0 aliphatic carbocycles. The van der Waals surface area contributed by atoms with E-state index in [1.165, 1.54) is 22.0 Å². The fourth-order valence-corrected chi connectivity index (χ4v) is 4.50. The summed E-state index contributed by atoms with van der Waals surface area (Å²) in [7, 11) is 0.444. The van der Waals surface area contributed by atoms with Crippen LogP contribution in [-0.4, -0.2) is 5.11 Å². The maximum absolute atomic E-state index is 10.5. The normalized spacial score (nSPS) is 11.2. The molecule has 3 aromatic rings. The number of para-hydroxylation sites is 1. The molecule has 128 valence electrons. The van der Waals surface area contributed by atoms with Crippen LogP contribution in [0.15, 0.2) is 60.7 Å². The van der Waals surface area contributed by atoms with Crippen LogP contribution in [0, 0.1) is 20.8 Å². The van der Waals surface area contributed by atoms with Crippen molar-refractivity contribution in [3.8, 4) is 5.75 Å². The smallest absolute Gasteiger partial charge is 0.126 e. The Kier molecular flexibility index (Phi) is 5.40. The molecule has 1 atom stereocenters. The number of nitrogens with one attached hydrogen (secondary N) is 1. The highest BCUT2D eigenvalue weighted by Gasteiger charge is 2.11. The zero-order valence-electron chi connectivity index (χ0n) is 14.9. The van der Waals surface area contributed by atoms with Gasteiger partial charge < -0.3 is 10.4 Å². The summed E-state index contributed by atoms with van der Waals surface area (Å²) in [5.41, 5.74) is 5.80. The first-order valence-electron chi connectivity index (χ1n) is 8.49. The third kappa shape index (κ3) is 4.21. The van der Waals surface area contributed by atoms with Crippen molar-refractivity contribution in [2.45, 2.75) is 27.3 Å². The summed E-state index contributed by atoms with van der Waals surface area (Å²) in [5, 5.41) is 16.3. The van der Waals surface area contributed by atoms with Crippen molar-refractivity contribution in [1.82, 2.24) is 0 Å². The van der Waals surface area contributed by atoms with Crippen LogP contribution in [-0.2, 0) is 6.54 Å². The number of rotatable bonds is 5. The van der Waals surface area contributed by atoms with Crippen LogP contribution in [0.2, 0.25) is 0 Å². The van der Waals surface area contributed by atoms with E-state index >= 15 is 0 Å². The lowest BCUT2D eigenvalue weighted by molar-refractivity contribution is 0.475. The zero-order valence-corrected chi connectivity index (χ0v) is 15.9. The molecule has 3 aromatic carbocycles. The van der Waals surface area contributed by atoms with Crippen LogP contribution in [0.5, 0.6) is 5.75 Å². The zero-order chi connectivity index (χ0) is 17.8. The third-order valence-electron chi connectivity index (χ3n) is 4.32. The Bertz CT molecular complexity index is 875. The van der Waals surface area contributed by atoms with Crippen molar-refractivity contribution in [3.63, 3.8) is 0 Å². The molecule has 25 heavy (non-hydrogen) atoms. The quantitative estimate of drug-likeness (QED) is 0.662. The van der Waals surface area contributed by atoms with Crippen molar-refractivity contribution < 1.29 is 5.11 Å². The van der Waals surface area contributed by atoms with E-state index in [1.54, 1.807) is 0 Å². The van der Waals surface area contributed by atoms with Gasteiger partial charge >= 0.3 is 0 Å². The first-order valence-corrected chi connectivity index (χ1v) is 9.49. The number of phenolic OH excluding ortho intramolecular Hbond substituents is 1. The Morgan fingerprint density at radius 3 is 2.40 bits per heavy atom. The van der Waals surface area contributed by atoms with Gasteiger partial charge in [0, 0.05) is 17.5 Å². The minimum Gasteiger partial charge on any atom is -0.507 e. The summed E-state index contributed by atoms with van der Waals surface area (Å²) in [6.45, 7) is 6.97. The van der Waals surface area contributed by atoms with Crippen molar-refractivity contribution >= 4 is 24.9 Å². The van der Waals surface area contributed by atoms with Crippen LogP contribution in [0.4, 0.5) is 5.69 Å². The van der Waals surface area contributed by atoms with Crippen LogP contribution >= 0.6 is 8.58 Å². The summed E-state index contributed by atoms with van der Waals surface area (Å²) in [4.78, 5) is 0. The average molecular weight is 349 g/mol. The van der Waals surface area contributed by atoms with Gasteiger partial charge in [-0.2, -0.15) is 0 Å². The fourth-order valence-electron chi connectivity index (χ4n) is 3.00. The number of aryl methyl sites for hydroxylation is 3. The van der Waals surface area contributed by atoms with Gasteiger partial charge in [-0.15, -0.1) is 0 Å². The van der Waals surface area contributed by atoms with E-state index in [0.717, 1.165) is 23.1 Å². The molecule has 0 fully saturated rings. The van der Waals surface area contributed by atoms with Gasteiger partial charge in [-0.1, -0.05) is 51.0 Å². The van der Waals surface area contributed by atoms with Gasteiger partial charge in [-0.3, -0.25) is 0 Å². The van der Waals surface area contributed by atoms with Crippen LogP contribution in [0.1, 0.15) is 22.3 Å². The second-order valence-electron chi connectivity index (χ2n) is 6.43. The number of hydrogen-bond donors (Lipinski definition) is 2. The highest BCUT2D eigenvalue weighted by molar-refractivity contribution is 7.56. The second kappa shape index (κ2) is 7.72. The molecular weight excluding hydrogens is 325 g/mol. The van der Waals surface area contributed by atoms with E-state index in [0.29, 0.717) is 14.3 Å². The Labute approximate surface area is 151 Å². The molecule has 1 unspecified atom stereocenters. The Morgan fingerprint density at radius 2 is 1.64 bits per heavy atom. The monoisotopic (exact) mass is 349 g/mol. The molecule has 0 saturated heterocycles. The predicted molar refractivity (Wildman–Crippen MR) is 110 cm³/mol. The predicted octanol–water partition coefficient (Wildman–Crippen LogP) is 4.56. The highest BCUT2D eigenvalue weighted by Crippen LogP contribution is 2.26.